The number of oxime groups is 1. The molecule has 1 heterocycles. The number of amidine groups is 1. The van der Waals surface area contributed by atoms with E-state index in [4.69, 9.17) is 22.5 Å². The van der Waals surface area contributed by atoms with Crippen LogP contribution in [-0.2, 0) is 0 Å². The molecule has 0 radical (unpaired) electrons. The summed E-state index contributed by atoms with van der Waals surface area (Å²) in [5, 5.41) is 14.2. The smallest absolute Gasteiger partial charge is 0.172 e. The quantitative estimate of drug-likeness (QED) is 0.391. The second kappa shape index (κ2) is 5.44. The predicted octanol–water partition coefficient (Wildman–Crippen LogP) is 3.65. The predicted molar refractivity (Wildman–Crippen MR) is 72.4 cm³/mol. The lowest BCUT2D eigenvalue weighted by Gasteiger charge is -2.08. The maximum atomic E-state index is 8.76. The van der Waals surface area contributed by atoms with E-state index in [-0.39, 0.29) is 5.84 Å². The van der Waals surface area contributed by atoms with Gasteiger partial charge in [0.05, 0.1) is 14.8 Å². The maximum absolute atomic E-state index is 8.76. The molecule has 0 fully saturated rings. The molecule has 88 valence electrons. The first-order valence-electron chi connectivity index (χ1n) is 4.70. The molecule has 2 rings (SSSR count). The third kappa shape index (κ3) is 2.74. The van der Waals surface area contributed by atoms with E-state index >= 15 is 0 Å². The molecule has 0 saturated heterocycles. The number of benzene rings is 1. The molecule has 3 N–H and O–H groups in total. The summed E-state index contributed by atoms with van der Waals surface area (Å²) in [6.45, 7) is 0. The molecule has 1 aromatic carbocycles. The summed E-state index contributed by atoms with van der Waals surface area (Å²) in [6, 6.07) is 9.43. The number of thiophene rings is 1. The summed E-state index contributed by atoms with van der Waals surface area (Å²) in [5.74, 6) is 0.0228. The van der Waals surface area contributed by atoms with Crippen LogP contribution in [-0.4, -0.2) is 11.0 Å². The molecule has 0 aliphatic heterocycles. The highest BCUT2D eigenvalue weighted by Gasteiger charge is 2.12. The van der Waals surface area contributed by atoms with Crippen molar-refractivity contribution in [2.75, 3.05) is 0 Å². The maximum Gasteiger partial charge on any atom is 0.172 e. The fourth-order valence-electron chi connectivity index (χ4n) is 1.32. The third-order valence-corrected chi connectivity index (χ3v) is 4.46. The van der Waals surface area contributed by atoms with E-state index in [0.29, 0.717) is 10.6 Å². The standard InChI is InChI=1S/C11H9ClN2OS2/c12-7-3-1-4-8(10(7)11(13)14-15)17-9-5-2-6-16-9/h1-6,15H,(H2,13,14). The molecule has 0 spiro atoms. The second-order valence-electron chi connectivity index (χ2n) is 3.13. The van der Waals surface area contributed by atoms with Crippen LogP contribution < -0.4 is 5.73 Å². The molecule has 0 saturated carbocycles. The summed E-state index contributed by atoms with van der Waals surface area (Å²) in [4.78, 5) is 0.871. The van der Waals surface area contributed by atoms with Gasteiger partial charge in [-0.1, -0.05) is 40.7 Å². The monoisotopic (exact) mass is 284 g/mol. The van der Waals surface area contributed by atoms with Crippen molar-refractivity contribution in [2.24, 2.45) is 10.9 Å². The topological polar surface area (TPSA) is 58.6 Å². The van der Waals surface area contributed by atoms with Gasteiger partial charge in [-0.15, -0.1) is 11.3 Å². The highest BCUT2D eigenvalue weighted by atomic mass is 35.5. The Kier molecular flexibility index (Phi) is 3.93. The number of halogens is 1. The average Bonchev–Trinajstić information content (AvgIpc) is 2.81. The van der Waals surface area contributed by atoms with Gasteiger partial charge in [0.25, 0.3) is 0 Å². The van der Waals surface area contributed by atoms with Crippen molar-refractivity contribution >= 4 is 40.5 Å². The van der Waals surface area contributed by atoms with Gasteiger partial charge in [0, 0.05) is 4.90 Å². The summed E-state index contributed by atoms with van der Waals surface area (Å²) < 4.78 is 1.12. The Labute approximate surface area is 112 Å². The molecule has 17 heavy (non-hydrogen) atoms. The molecule has 0 amide bonds. The van der Waals surface area contributed by atoms with Crippen LogP contribution in [0, 0.1) is 0 Å². The molecule has 0 aliphatic rings. The number of nitrogens with zero attached hydrogens (tertiary/aromatic N) is 1. The Morgan fingerprint density at radius 1 is 1.35 bits per heavy atom. The van der Waals surface area contributed by atoms with Gasteiger partial charge in [0.1, 0.15) is 0 Å². The van der Waals surface area contributed by atoms with Crippen LogP contribution >= 0.6 is 34.7 Å². The fourth-order valence-corrected chi connectivity index (χ4v) is 3.55. The summed E-state index contributed by atoms with van der Waals surface area (Å²) >= 11 is 9.23. The summed E-state index contributed by atoms with van der Waals surface area (Å²) in [5.41, 5.74) is 6.20. The number of rotatable bonds is 3. The number of hydrogen-bond donors (Lipinski definition) is 2. The van der Waals surface area contributed by atoms with Crippen molar-refractivity contribution in [2.45, 2.75) is 9.10 Å². The van der Waals surface area contributed by atoms with Gasteiger partial charge in [0.15, 0.2) is 5.84 Å². The first kappa shape index (κ1) is 12.3. The largest absolute Gasteiger partial charge is 0.409 e. The molecular formula is C11H9ClN2OS2. The van der Waals surface area contributed by atoms with Gasteiger partial charge >= 0.3 is 0 Å². The SMILES string of the molecule is NC(=NO)c1c(Cl)cccc1Sc1cccs1. The van der Waals surface area contributed by atoms with Gasteiger partial charge in [-0.05, 0) is 23.6 Å². The first-order chi connectivity index (χ1) is 8.22. The van der Waals surface area contributed by atoms with Crippen molar-refractivity contribution in [1.29, 1.82) is 0 Å². The van der Waals surface area contributed by atoms with Crippen LogP contribution in [0.4, 0.5) is 0 Å². The Balaban J connectivity index is 2.43. The van der Waals surface area contributed by atoms with E-state index < -0.39 is 0 Å². The zero-order valence-corrected chi connectivity index (χ0v) is 11.0. The second-order valence-corrected chi connectivity index (χ2v) is 5.83. The van der Waals surface area contributed by atoms with Crippen LogP contribution in [0.5, 0.6) is 0 Å². The molecule has 2 aromatic rings. The van der Waals surface area contributed by atoms with E-state index in [9.17, 15) is 0 Å². The first-order valence-corrected chi connectivity index (χ1v) is 6.77. The van der Waals surface area contributed by atoms with Crippen LogP contribution in [0.2, 0.25) is 5.02 Å². The Bertz CT molecular complexity index is 540. The van der Waals surface area contributed by atoms with Gasteiger partial charge in [-0.3, -0.25) is 0 Å². The summed E-state index contributed by atoms with van der Waals surface area (Å²) in [7, 11) is 0. The van der Waals surface area contributed by atoms with Crippen LogP contribution in [0.1, 0.15) is 5.56 Å². The number of hydrogen-bond acceptors (Lipinski definition) is 4. The van der Waals surface area contributed by atoms with Gasteiger partial charge in [-0.25, -0.2) is 0 Å². The van der Waals surface area contributed by atoms with Crippen molar-refractivity contribution in [3.05, 3.63) is 46.3 Å². The van der Waals surface area contributed by atoms with E-state index in [1.807, 2.05) is 29.6 Å². The van der Waals surface area contributed by atoms with Crippen LogP contribution in [0.25, 0.3) is 0 Å². The lowest BCUT2D eigenvalue weighted by atomic mass is 10.2. The minimum Gasteiger partial charge on any atom is -0.409 e. The molecule has 0 aliphatic carbocycles. The zero-order valence-electron chi connectivity index (χ0n) is 8.63. The molecule has 0 unspecified atom stereocenters. The molecular weight excluding hydrogens is 276 g/mol. The number of nitrogens with two attached hydrogens (primary N) is 1. The van der Waals surface area contributed by atoms with Crippen molar-refractivity contribution < 1.29 is 5.21 Å². The average molecular weight is 285 g/mol. The minimum atomic E-state index is 0.0228. The summed E-state index contributed by atoms with van der Waals surface area (Å²) in [6.07, 6.45) is 0. The third-order valence-electron chi connectivity index (χ3n) is 2.04. The van der Waals surface area contributed by atoms with Crippen LogP contribution in [0.15, 0.2) is 50.0 Å². The Morgan fingerprint density at radius 3 is 2.82 bits per heavy atom. The van der Waals surface area contributed by atoms with Gasteiger partial charge < -0.3 is 10.9 Å². The fraction of sp³-hybridized carbons (Fsp3) is 0. The lowest BCUT2D eigenvalue weighted by Crippen LogP contribution is -2.14. The molecule has 0 bridgehead atoms. The van der Waals surface area contributed by atoms with E-state index in [1.54, 1.807) is 29.2 Å². The Morgan fingerprint density at radius 2 is 2.18 bits per heavy atom. The Hall–Kier alpha value is -1.17. The van der Waals surface area contributed by atoms with Crippen molar-refractivity contribution in [1.82, 2.24) is 0 Å². The van der Waals surface area contributed by atoms with Crippen LogP contribution in [0.3, 0.4) is 0 Å². The highest BCUT2D eigenvalue weighted by molar-refractivity contribution is 8.01. The molecule has 6 heteroatoms. The highest BCUT2D eigenvalue weighted by Crippen LogP contribution is 2.35. The van der Waals surface area contributed by atoms with E-state index in [0.717, 1.165) is 9.10 Å². The zero-order chi connectivity index (χ0) is 12.3. The van der Waals surface area contributed by atoms with E-state index in [2.05, 4.69) is 5.16 Å². The normalized spacial score (nSPS) is 11.7. The van der Waals surface area contributed by atoms with Crippen molar-refractivity contribution in [3.8, 4) is 0 Å². The van der Waals surface area contributed by atoms with Gasteiger partial charge in [0.2, 0.25) is 0 Å². The van der Waals surface area contributed by atoms with E-state index in [1.165, 1.54) is 0 Å². The van der Waals surface area contributed by atoms with Gasteiger partial charge in [-0.2, -0.15) is 0 Å². The van der Waals surface area contributed by atoms with Crippen molar-refractivity contribution in [3.63, 3.8) is 0 Å². The minimum absolute atomic E-state index is 0.0228. The molecule has 3 nitrogen and oxygen atoms in total. The lowest BCUT2D eigenvalue weighted by molar-refractivity contribution is 0.318. The molecule has 0 atom stereocenters. The molecule has 1 aromatic heterocycles.